The fourth-order valence-electron chi connectivity index (χ4n) is 2.09. The molecule has 0 saturated carbocycles. The molecule has 20 heavy (non-hydrogen) atoms. The van der Waals surface area contributed by atoms with E-state index in [2.05, 4.69) is 5.32 Å². The van der Waals surface area contributed by atoms with Crippen molar-refractivity contribution in [3.8, 4) is 0 Å². The van der Waals surface area contributed by atoms with Crippen LogP contribution >= 0.6 is 0 Å². The number of aliphatic carboxylic acids is 1. The molecule has 1 heterocycles. The molecule has 0 unspecified atom stereocenters. The summed E-state index contributed by atoms with van der Waals surface area (Å²) >= 11 is 0. The summed E-state index contributed by atoms with van der Waals surface area (Å²) in [7, 11) is 0. The van der Waals surface area contributed by atoms with Crippen LogP contribution in [-0.2, 0) is 9.59 Å². The summed E-state index contributed by atoms with van der Waals surface area (Å²) in [6, 6.07) is -1.34. The molecular weight excluding hydrogens is 262 g/mol. The molecular formula is C13H23N3O4. The zero-order chi connectivity index (χ0) is 15.5. The zero-order valence-corrected chi connectivity index (χ0v) is 12.5. The van der Waals surface area contributed by atoms with E-state index in [0.717, 1.165) is 0 Å². The number of nitrogens with one attached hydrogen (secondary N) is 1. The van der Waals surface area contributed by atoms with Crippen LogP contribution in [-0.4, -0.2) is 65.0 Å². The first kappa shape index (κ1) is 16.3. The van der Waals surface area contributed by atoms with Crippen LogP contribution in [0.15, 0.2) is 0 Å². The van der Waals surface area contributed by atoms with E-state index in [0.29, 0.717) is 26.2 Å². The van der Waals surface area contributed by atoms with E-state index in [9.17, 15) is 19.5 Å². The minimum Gasteiger partial charge on any atom is -0.480 e. The van der Waals surface area contributed by atoms with E-state index < -0.39 is 23.5 Å². The molecule has 7 nitrogen and oxygen atoms in total. The van der Waals surface area contributed by atoms with E-state index in [1.807, 2.05) is 0 Å². The standard InChI is InChI=1S/C13H23N3O4/c1-9(17)15-5-7-16(8-6-15)12(20)14-10(11(18)19)13(2,3)4/h10H,5-8H2,1-4H3,(H,14,20)(H,18,19)/t10-/m1/s1. The van der Waals surface area contributed by atoms with Gasteiger partial charge in [-0.25, -0.2) is 9.59 Å². The van der Waals surface area contributed by atoms with Gasteiger partial charge in [0.2, 0.25) is 5.91 Å². The van der Waals surface area contributed by atoms with E-state index in [1.54, 1.807) is 30.6 Å². The molecule has 0 aromatic rings. The van der Waals surface area contributed by atoms with Crippen molar-refractivity contribution in [1.82, 2.24) is 15.1 Å². The molecule has 0 aromatic heterocycles. The number of carbonyl (C=O) groups is 3. The highest BCUT2D eigenvalue weighted by atomic mass is 16.4. The maximum atomic E-state index is 12.1. The summed E-state index contributed by atoms with van der Waals surface area (Å²) in [5.41, 5.74) is -0.567. The van der Waals surface area contributed by atoms with Crippen LogP contribution in [0.25, 0.3) is 0 Å². The first-order chi connectivity index (χ1) is 9.12. The fraction of sp³-hybridized carbons (Fsp3) is 0.769. The van der Waals surface area contributed by atoms with Crippen molar-refractivity contribution >= 4 is 17.9 Å². The van der Waals surface area contributed by atoms with Crippen LogP contribution in [0.5, 0.6) is 0 Å². The SMILES string of the molecule is CC(=O)N1CCN(C(=O)N[C@H](C(=O)O)C(C)(C)C)CC1. The first-order valence-corrected chi connectivity index (χ1v) is 6.66. The molecule has 1 aliphatic rings. The maximum absolute atomic E-state index is 12.1. The number of nitrogens with zero attached hydrogens (tertiary/aromatic N) is 2. The molecule has 114 valence electrons. The molecule has 0 aliphatic carbocycles. The Labute approximate surface area is 118 Å². The Kier molecular flexibility index (Phi) is 4.97. The number of carbonyl (C=O) groups excluding carboxylic acids is 2. The number of piperazine rings is 1. The molecule has 1 atom stereocenters. The van der Waals surface area contributed by atoms with Gasteiger partial charge in [0, 0.05) is 33.1 Å². The van der Waals surface area contributed by atoms with Gasteiger partial charge in [-0.2, -0.15) is 0 Å². The molecule has 0 aromatic carbocycles. The number of hydrogen-bond donors (Lipinski definition) is 2. The lowest BCUT2D eigenvalue weighted by Gasteiger charge is -2.36. The molecule has 1 rings (SSSR count). The van der Waals surface area contributed by atoms with E-state index in [-0.39, 0.29) is 5.91 Å². The molecule has 0 bridgehead atoms. The van der Waals surface area contributed by atoms with Crippen molar-refractivity contribution < 1.29 is 19.5 Å². The van der Waals surface area contributed by atoms with Crippen molar-refractivity contribution in [2.45, 2.75) is 33.7 Å². The van der Waals surface area contributed by atoms with Gasteiger partial charge in [0.1, 0.15) is 6.04 Å². The Balaban J connectivity index is 2.59. The Hall–Kier alpha value is -1.79. The van der Waals surface area contributed by atoms with Gasteiger partial charge in [-0.15, -0.1) is 0 Å². The summed E-state index contributed by atoms with van der Waals surface area (Å²) in [5.74, 6) is -1.06. The molecule has 2 N–H and O–H groups in total. The fourth-order valence-corrected chi connectivity index (χ4v) is 2.09. The van der Waals surface area contributed by atoms with Crippen molar-refractivity contribution in [2.75, 3.05) is 26.2 Å². The van der Waals surface area contributed by atoms with Crippen LogP contribution < -0.4 is 5.32 Å². The summed E-state index contributed by atoms with van der Waals surface area (Å²) in [5, 5.41) is 11.7. The lowest BCUT2D eigenvalue weighted by molar-refractivity contribution is -0.142. The number of urea groups is 1. The molecule has 7 heteroatoms. The Morgan fingerprint density at radius 3 is 1.85 bits per heavy atom. The van der Waals surface area contributed by atoms with Crippen molar-refractivity contribution in [2.24, 2.45) is 5.41 Å². The monoisotopic (exact) mass is 285 g/mol. The zero-order valence-electron chi connectivity index (χ0n) is 12.5. The predicted octanol–water partition coefficient (Wildman–Crippen LogP) is 0.359. The maximum Gasteiger partial charge on any atom is 0.326 e. The van der Waals surface area contributed by atoms with Gasteiger partial charge in [0.05, 0.1) is 0 Å². The highest BCUT2D eigenvalue weighted by molar-refractivity contribution is 5.83. The Bertz CT molecular complexity index is 395. The topological polar surface area (TPSA) is 90.0 Å². The summed E-state index contributed by atoms with van der Waals surface area (Å²) < 4.78 is 0. The quantitative estimate of drug-likeness (QED) is 0.766. The van der Waals surface area contributed by atoms with Crippen molar-refractivity contribution in [1.29, 1.82) is 0 Å². The summed E-state index contributed by atoms with van der Waals surface area (Å²) in [4.78, 5) is 37.7. The molecule has 0 radical (unpaired) electrons. The number of carboxylic acid groups (broad SMARTS) is 1. The lowest BCUT2D eigenvalue weighted by Crippen LogP contribution is -2.57. The van der Waals surface area contributed by atoms with Crippen molar-refractivity contribution in [3.63, 3.8) is 0 Å². The average Bonchev–Trinajstić information content (AvgIpc) is 2.33. The van der Waals surface area contributed by atoms with E-state index in [4.69, 9.17) is 0 Å². The van der Waals surface area contributed by atoms with E-state index >= 15 is 0 Å². The normalized spacial score (nSPS) is 17.6. The highest BCUT2D eigenvalue weighted by Crippen LogP contribution is 2.19. The molecule has 1 fully saturated rings. The Morgan fingerprint density at radius 1 is 1.05 bits per heavy atom. The van der Waals surface area contributed by atoms with Crippen molar-refractivity contribution in [3.05, 3.63) is 0 Å². The second kappa shape index (κ2) is 6.11. The van der Waals surface area contributed by atoms with Crippen LogP contribution in [0.1, 0.15) is 27.7 Å². The average molecular weight is 285 g/mol. The van der Waals surface area contributed by atoms with Gasteiger partial charge < -0.3 is 20.2 Å². The van der Waals surface area contributed by atoms with Crippen LogP contribution in [0.2, 0.25) is 0 Å². The third-order valence-corrected chi connectivity index (χ3v) is 3.39. The number of amides is 3. The number of rotatable bonds is 2. The molecule has 1 aliphatic heterocycles. The van der Waals surface area contributed by atoms with E-state index in [1.165, 1.54) is 6.92 Å². The molecule has 3 amide bonds. The molecule has 1 saturated heterocycles. The van der Waals surface area contributed by atoms with Crippen LogP contribution in [0, 0.1) is 5.41 Å². The largest absolute Gasteiger partial charge is 0.480 e. The first-order valence-electron chi connectivity index (χ1n) is 6.66. The smallest absolute Gasteiger partial charge is 0.326 e. The Morgan fingerprint density at radius 2 is 1.50 bits per heavy atom. The summed E-state index contributed by atoms with van der Waals surface area (Å²) in [6.07, 6.45) is 0. The third kappa shape index (κ3) is 4.11. The van der Waals surface area contributed by atoms with Crippen LogP contribution in [0.3, 0.4) is 0 Å². The minimum absolute atomic E-state index is 0.0110. The van der Waals surface area contributed by atoms with Gasteiger partial charge in [-0.1, -0.05) is 20.8 Å². The van der Waals surface area contributed by atoms with Gasteiger partial charge >= 0.3 is 12.0 Å². The number of hydrogen-bond acceptors (Lipinski definition) is 3. The predicted molar refractivity (Wildman–Crippen MR) is 73.2 cm³/mol. The molecule has 0 spiro atoms. The van der Waals surface area contributed by atoms with Gasteiger partial charge in [0.25, 0.3) is 0 Å². The summed E-state index contributed by atoms with van der Waals surface area (Å²) in [6.45, 7) is 8.59. The second-order valence-corrected chi connectivity index (χ2v) is 6.08. The van der Waals surface area contributed by atoms with Gasteiger partial charge in [-0.05, 0) is 5.41 Å². The lowest BCUT2D eigenvalue weighted by atomic mass is 9.87. The second-order valence-electron chi connectivity index (χ2n) is 6.08. The van der Waals surface area contributed by atoms with Gasteiger partial charge in [0.15, 0.2) is 0 Å². The highest BCUT2D eigenvalue weighted by Gasteiger charge is 2.34. The third-order valence-electron chi connectivity index (χ3n) is 3.39. The van der Waals surface area contributed by atoms with Crippen LogP contribution in [0.4, 0.5) is 4.79 Å². The van der Waals surface area contributed by atoms with Gasteiger partial charge in [-0.3, -0.25) is 4.79 Å². The number of carboxylic acids is 1. The minimum atomic E-state index is -1.05.